The first-order chi connectivity index (χ1) is 14.8. The van der Waals surface area contributed by atoms with Gasteiger partial charge in [-0.1, -0.05) is 11.8 Å². The second kappa shape index (κ2) is 6.91. The summed E-state index contributed by atoms with van der Waals surface area (Å²) in [6.45, 7) is 3.03. The van der Waals surface area contributed by atoms with E-state index in [-0.39, 0.29) is 23.1 Å². The van der Waals surface area contributed by atoms with Gasteiger partial charge in [-0.05, 0) is 49.6 Å². The van der Waals surface area contributed by atoms with E-state index in [2.05, 4.69) is 19.9 Å². The summed E-state index contributed by atoms with van der Waals surface area (Å²) >= 11 is 1.19. The molecule has 0 saturated heterocycles. The zero-order chi connectivity index (χ0) is 22.0. The number of rotatable bonds is 4. The Morgan fingerprint density at radius 2 is 2.00 bits per heavy atom. The van der Waals surface area contributed by atoms with Crippen molar-refractivity contribution in [3.8, 4) is 0 Å². The lowest BCUT2D eigenvalue weighted by atomic mass is 9.84. The van der Waals surface area contributed by atoms with E-state index >= 15 is 0 Å². The van der Waals surface area contributed by atoms with Gasteiger partial charge >= 0.3 is 0 Å². The van der Waals surface area contributed by atoms with Crippen LogP contribution < -0.4 is 5.73 Å². The molecule has 2 aliphatic rings. The maximum atomic E-state index is 15.0. The molecule has 2 aromatic heterocycles. The highest BCUT2D eigenvalue weighted by molar-refractivity contribution is 8.15. The van der Waals surface area contributed by atoms with Gasteiger partial charge < -0.3 is 5.73 Å². The minimum Gasteiger partial charge on any atom is -0.378 e. The highest BCUT2D eigenvalue weighted by Gasteiger charge is 2.66. The summed E-state index contributed by atoms with van der Waals surface area (Å²) in [7, 11) is 0. The maximum absolute atomic E-state index is 15.0. The van der Waals surface area contributed by atoms with E-state index in [0.717, 1.165) is 11.6 Å². The van der Waals surface area contributed by atoms with Crippen molar-refractivity contribution in [2.45, 2.75) is 37.0 Å². The molecule has 1 aliphatic heterocycles. The number of nitrogens with zero attached hydrogens (tertiary/aromatic N) is 4. The number of hydrogen-bond donors (Lipinski definition) is 1. The first-order valence-corrected chi connectivity index (χ1v) is 10.7. The first-order valence-electron chi connectivity index (χ1n) is 9.91. The van der Waals surface area contributed by atoms with E-state index in [1.165, 1.54) is 18.1 Å². The number of benzene rings is 1. The molecule has 0 spiro atoms. The van der Waals surface area contributed by atoms with Crippen molar-refractivity contribution in [1.82, 2.24) is 15.0 Å². The molecule has 2 N–H and O–H groups in total. The summed E-state index contributed by atoms with van der Waals surface area (Å²) in [5, 5.41) is 0.195. The van der Waals surface area contributed by atoms with Gasteiger partial charge in [0.15, 0.2) is 16.8 Å². The van der Waals surface area contributed by atoms with E-state index in [4.69, 9.17) is 5.73 Å². The highest BCUT2D eigenvalue weighted by atomic mass is 32.2. The Hall–Kier alpha value is -2.68. The molecule has 0 radical (unpaired) electrons. The molecule has 1 fully saturated rings. The van der Waals surface area contributed by atoms with Gasteiger partial charge in [-0.25, -0.2) is 23.1 Å². The fraction of sp³-hybridized carbons (Fsp3) is 0.364. The van der Waals surface area contributed by atoms with Crippen molar-refractivity contribution in [3.05, 3.63) is 64.7 Å². The second-order valence-electron chi connectivity index (χ2n) is 8.47. The van der Waals surface area contributed by atoms with Crippen LogP contribution in [0, 0.1) is 24.5 Å². The van der Waals surface area contributed by atoms with Gasteiger partial charge in [-0.15, -0.1) is 0 Å². The van der Waals surface area contributed by atoms with Crippen LogP contribution in [0.15, 0.2) is 35.7 Å². The molecule has 5 nitrogen and oxygen atoms in total. The van der Waals surface area contributed by atoms with Gasteiger partial charge in [-0.3, -0.25) is 9.98 Å². The normalized spacial score (nSPS) is 27.1. The molecule has 3 aromatic rings. The zero-order valence-corrected chi connectivity index (χ0v) is 17.8. The molecule has 160 valence electrons. The number of aryl methyl sites for hydroxylation is 1. The smallest absolute Gasteiger partial charge is 0.164 e. The minimum absolute atomic E-state index is 0.0910. The number of alkyl halides is 1. The van der Waals surface area contributed by atoms with Crippen LogP contribution in [0.1, 0.15) is 35.7 Å². The number of aliphatic imine (C=N–C) groups is 1. The van der Waals surface area contributed by atoms with Gasteiger partial charge in [0.1, 0.15) is 18.5 Å². The van der Waals surface area contributed by atoms with Crippen molar-refractivity contribution < 1.29 is 13.2 Å². The summed E-state index contributed by atoms with van der Waals surface area (Å²) in [4.78, 5) is 17.4. The van der Waals surface area contributed by atoms with Gasteiger partial charge in [0.25, 0.3) is 0 Å². The summed E-state index contributed by atoms with van der Waals surface area (Å²) in [6, 6.07) is 4.64. The summed E-state index contributed by atoms with van der Waals surface area (Å²) in [5.74, 6) is -2.21. The topological polar surface area (TPSA) is 77.0 Å². The molecule has 0 amide bonds. The fourth-order valence-corrected chi connectivity index (χ4v) is 5.93. The SMILES string of the molecule is Cc1cnc2c(Cc3cc(F)c(F)c([C@@]4(C)N=C(N)S[C@@]5(CF)C[C@H]54)c3)ncnc2c1. The molecule has 31 heavy (non-hydrogen) atoms. The molecule has 1 aliphatic carbocycles. The Morgan fingerprint density at radius 3 is 2.77 bits per heavy atom. The Balaban J connectivity index is 1.59. The third-order valence-electron chi connectivity index (χ3n) is 6.27. The average Bonchev–Trinajstić information content (AvgIpc) is 3.46. The summed E-state index contributed by atoms with van der Waals surface area (Å²) in [5.41, 5.74) is 8.31. The van der Waals surface area contributed by atoms with Gasteiger partial charge in [0.05, 0.1) is 21.5 Å². The average molecular weight is 443 g/mol. The molecule has 3 heterocycles. The molecule has 0 bridgehead atoms. The van der Waals surface area contributed by atoms with E-state index in [1.807, 2.05) is 13.0 Å². The minimum atomic E-state index is -1.13. The lowest BCUT2D eigenvalue weighted by Gasteiger charge is -2.33. The van der Waals surface area contributed by atoms with Crippen LogP contribution in [-0.4, -0.2) is 31.5 Å². The second-order valence-corrected chi connectivity index (χ2v) is 9.91. The number of pyridine rings is 1. The molecule has 1 saturated carbocycles. The molecule has 5 rings (SSSR count). The Morgan fingerprint density at radius 1 is 1.19 bits per heavy atom. The van der Waals surface area contributed by atoms with Crippen LogP contribution in [0.25, 0.3) is 11.0 Å². The van der Waals surface area contributed by atoms with Crippen molar-refractivity contribution in [2.24, 2.45) is 16.6 Å². The Labute approximate surface area is 181 Å². The van der Waals surface area contributed by atoms with Gasteiger partial charge in [-0.2, -0.15) is 0 Å². The number of halogens is 3. The number of fused-ring (bicyclic) bond motifs is 2. The monoisotopic (exact) mass is 443 g/mol. The lowest BCUT2D eigenvalue weighted by molar-refractivity contribution is 0.356. The quantitative estimate of drug-likeness (QED) is 0.654. The van der Waals surface area contributed by atoms with Crippen LogP contribution in [-0.2, 0) is 12.0 Å². The molecule has 3 atom stereocenters. The number of hydrogen-bond acceptors (Lipinski definition) is 6. The lowest BCUT2D eigenvalue weighted by Crippen LogP contribution is -2.37. The van der Waals surface area contributed by atoms with E-state index in [0.29, 0.717) is 28.7 Å². The zero-order valence-electron chi connectivity index (χ0n) is 17.0. The van der Waals surface area contributed by atoms with Crippen molar-refractivity contribution in [3.63, 3.8) is 0 Å². The molecular weight excluding hydrogens is 423 g/mol. The fourth-order valence-electron chi connectivity index (χ4n) is 4.61. The largest absolute Gasteiger partial charge is 0.378 e. The van der Waals surface area contributed by atoms with E-state index in [9.17, 15) is 13.2 Å². The van der Waals surface area contributed by atoms with Crippen molar-refractivity contribution in [1.29, 1.82) is 0 Å². The Kier molecular flexibility index (Phi) is 4.51. The van der Waals surface area contributed by atoms with Crippen LogP contribution in [0.5, 0.6) is 0 Å². The van der Waals surface area contributed by atoms with Crippen molar-refractivity contribution >= 4 is 28.0 Å². The molecule has 1 aromatic carbocycles. The molecule has 0 unspecified atom stereocenters. The first kappa shape index (κ1) is 20.2. The van der Waals surface area contributed by atoms with E-state index in [1.54, 1.807) is 19.2 Å². The third kappa shape index (κ3) is 3.17. The number of aromatic nitrogens is 3. The third-order valence-corrected chi connectivity index (χ3v) is 7.54. The number of thioether (sulfide) groups is 1. The van der Waals surface area contributed by atoms with Crippen LogP contribution >= 0.6 is 11.8 Å². The molecular formula is C22H20F3N5S. The van der Waals surface area contributed by atoms with Crippen LogP contribution in [0.2, 0.25) is 0 Å². The van der Waals surface area contributed by atoms with E-state index < -0.39 is 28.6 Å². The maximum Gasteiger partial charge on any atom is 0.164 e. The van der Waals surface area contributed by atoms with Crippen LogP contribution in [0.3, 0.4) is 0 Å². The van der Waals surface area contributed by atoms with Gasteiger partial charge in [0, 0.05) is 24.1 Å². The molecule has 9 heteroatoms. The van der Waals surface area contributed by atoms with Gasteiger partial charge in [0.2, 0.25) is 0 Å². The highest BCUT2D eigenvalue weighted by Crippen LogP contribution is 2.66. The van der Waals surface area contributed by atoms with Crippen LogP contribution in [0.4, 0.5) is 13.2 Å². The standard InChI is InChI=1S/C22H20F3N5S/c1-11-3-15-19(27-8-11)16(29-10-28-15)6-12-4-13(18(25)14(24)5-12)21(2)17-7-22(17,9-23)31-20(26)30-21/h3-5,8,10,17H,6-7,9H2,1-2H3,(H2,26,30)/t17-,21+,22+/m0/s1. The van der Waals surface area contributed by atoms with Crippen molar-refractivity contribution in [2.75, 3.05) is 6.67 Å². The number of amidine groups is 1. The Bertz CT molecular complexity index is 1250. The number of nitrogens with two attached hydrogens (primary N) is 1. The summed E-state index contributed by atoms with van der Waals surface area (Å²) in [6.07, 6.45) is 3.90. The predicted molar refractivity (Wildman–Crippen MR) is 115 cm³/mol. The predicted octanol–water partition coefficient (Wildman–Crippen LogP) is 4.21. The summed E-state index contributed by atoms with van der Waals surface area (Å²) < 4.78 is 42.7.